The molecule has 2 aliphatic carbocycles. The van der Waals surface area contributed by atoms with Crippen molar-refractivity contribution in [3.05, 3.63) is 117 Å². The number of ketones is 2. The van der Waals surface area contributed by atoms with Crippen LogP contribution in [-0.4, -0.2) is 101 Å². The molecule has 0 radical (unpaired) electrons. The van der Waals surface area contributed by atoms with Crippen molar-refractivity contribution in [3.63, 3.8) is 0 Å². The summed E-state index contributed by atoms with van der Waals surface area (Å²) in [7, 11) is -1.66. The van der Waals surface area contributed by atoms with Gasteiger partial charge in [-0.2, -0.15) is 0 Å². The number of ether oxygens (including phenoxy) is 4. The predicted octanol–water partition coefficient (Wildman–Crippen LogP) is 13.7. The van der Waals surface area contributed by atoms with Crippen LogP contribution in [-0.2, 0) is 15.8 Å². The lowest BCUT2D eigenvalue weighted by molar-refractivity contribution is -0.109. The summed E-state index contributed by atoms with van der Waals surface area (Å²) in [4.78, 5) is 46.6. The Kier molecular flexibility index (Phi) is 29.5. The van der Waals surface area contributed by atoms with Gasteiger partial charge in [-0.3, -0.25) is 19.3 Å². The summed E-state index contributed by atoms with van der Waals surface area (Å²) in [5, 5.41) is 10.6. The number of nitrogens with zero attached hydrogens (tertiary/aromatic N) is 1. The van der Waals surface area contributed by atoms with Crippen molar-refractivity contribution in [2.75, 3.05) is 46.1 Å². The zero-order chi connectivity index (χ0) is 55.4. The number of aldehydes is 2. The van der Waals surface area contributed by atoms with E-state index in [1.54, 1.807) is 48.5 Å². The fraction of sp³-hybridized carbons (Fsp3) is 0.533. The van der Waals surface area contributed by atoms with Gasteiger partial charge < -0.3 is 39.0 Å². The van der Waals surface area contributed by atoms with E-state index >= 15 is 0 Å². The molecule has 0 unspecified atom stereocenters. The van der Waals surface area contributed by atoms with Crippen LogP contribution >= 0.6 is 23.2 Å². The largest absolute Gasteiger partial charge is 0.493 e. The molecule has 0 bridgehead atoms. The normalized spacial score (nSPS) is 14.1. The highest BCUT2D eigenvalue weighted by Crippen LogP contribution is 2.36. The van der Waals surface area contributed by atoms with Gasteiger partial charge in [0.1, 0.15) is 35.6 Å². The van der Waals surface area contributed by atoms with Crippen LogP contribution in [0.2, 0.25) is 28.2 Å². The van der Waals surface area contributed by atoms with Crippen LogP contribution in [0.5, 0.6) is 23.0 Å². The fourth-order valence-corrected chi connectivity index (χ4v) is 9.37. The molecule has 0 aliphatic heterocycles. The molecule has 0 spiro atoms. The highest BCUT2D eigenvalue weighted by atomic mass is 35.5. The molecule has 75 heavy (non-hydrogen) atoms. The van der Waals surface area contributed by atoms with E-state index < -0.39 is 8.32 Å². The summed E-state index contributed by atoms with van der Waals surface area (Å²) < 4.78 is 28.3. The van der Waals surface area contributed by atoms with Crippen LogP contribution in [0.15, 0.2) is 84.9 Å². The van der Waals surface area contributed by atoms with Gasteiger partial charge in [0.25, 0.3) is 0 Å². The van der Waals surface area contributed by atoms with Crippen LogP contribution in [0.4, 0.5) is 0 Å². The van der Waals surface area contributed by atoms with Crippen molar-refractivity contribution in [2.24, 2.45) is 17.6 Å². The molecular formula is C60H86Cl2N2O10Si. The lowest BCUT2D eigenvalue weighted by Crippen LogP contribution is -2.41. The van der Waals surface area contributed by atoms with E-state index in [2.05, 4.69) is 33.9 Å². The van der Waals surface area contributed by atoms with Crippen molar-refractivity contribution in [3.8, 4) is 23.0 Å². The van der Waals surface area contributed by atoms with Gasteiger partial charge in [0.2, 0.25) is 0 Å². The topological polar surface area (TPSA) is 164 Å². The minimum absolute atomic E-state index is 0.00754. The number of hydrogen-bond acceptors (Lipinski definition) is 12. The van der Waals surface area contributed by atoms with Gasteiger partial charge in [-0.25, -0.2) is 0 Å². The second-order valence-corrected chi connectivity index (χ2v) is 26.9. The molecule has 12 nitrogen and oxygen atoms in total. The van der Waals surface area contributed by atoms with Crippen molar-refractivity contribution < 1.29 is 47.7 Å². The molecule has 2 saturated carbocycles. The van der Waals surface area contributed by atoms with Gasteiger partial charge >= 0.3 is 0 Å². The molecule has 3 N–H and O–H groups in total. The lowest BCUT2D eigenvalue weighted by atomic mass is 9.90. The Morgan fingerprint density at radius 2 is 1.16 bits per heavy atom. The molecule has 0 saturated heterocycles. The molecule has 0 amide bonds. The molecule has 15 heteroatoms. The number of rotatable bonds is 23. The van der Waals surface area contributed by atoms with Gasteiger partial charge in [0.05, 0.1) is 61.8 Å². The van der Waals surface area contributed by atoms with Crippen LogP contribution in [0.1, 0.15) is 149 Å². The van der Waals surface area contributed by atoms with E-state index in [-0.39, 0.29) is 55.1 Å². The molecular weight excluding hydrogens is 1010 g/mol. The molecule has 4 aromatic carbocycles. The summed E-state index contributed by atoms with van der Waals surface area (Å²) in [5.41, 5.74) is 8.06. The minimum Gasteiger partial charge on any atom is -0.493 e. The zero-order valence-corrected chi connectivity index (χ0v) is 48.7. The highest BCUT2D eigenvalue weighted by molar-refractivity contribution is 6.74. The minimum atomic E-state index is -1.66. The fourth-order valence-electron chi connectivity index (χ4n) is 8.00. The first-order valence-electron chi connectivity index (χ1n) is 26.7. The Labute approximate surface area is 459 Å². The van der Waals surface area contributed by atoms with E-state index in [0.29, 0.717) is 57.2 Å². The van der Waals surface area contributed by atoms with Crippen molar-refractivity contribution >= 4 is 55.7 Å². The third-order valence-electron chi connectivity index (χ3n) is 13.3. The quantitative estimate of drug-likeness (QED) is 0.0411. The smallest absolute Gasteiger partial charge is 0.192 e. The zero-order valence-electron chi connectivity index (χ0n) is 46.2. The third kappa shape index (κ3) is 25.0. The molecule has 2 fully saturated rings. The first-order valence-corrected chi connectivity index (χ1v) is 30.3. The standard InChI is InChI=1S/C27H36ClNO4.C14H18O2.C11H14ClNO2.C8H18O2Si/c1-20(2)33-27-13-10-23(16-25(27)28)26(31)18-29(14-15-30)17-21-8-11-24(12-9-21)32-19-22-6-4-3-5-7-22;15-10-12-6-8-14(9-7-12)16-11-13-4-2-1-3-5-13;1-7(2)15-11-4-3-8(5-9(11)12)10(14)6-13;1-8(2,3)11(4,5)10-7-6-9/h8-13,16,20,22,30H,3-7,14-15,17-19H2,1-2H3;6-10,13H,1-5,11H2;3-5,7H,6,13H2,1-2H3;6H,7H2,1-5H3. The summed E-state index contributed by atoms with van der Waals surface area (Å²) in [6.07, 6.45) is 14.9. The maximum Gasteiger partial charge on any atom is 0.192 e. The van der Waals surface area contributed by atoms with Gasteiger partial charge in [0, 0.05) is 29.8 Å². The van der Waals surface area contributed by atoms with Crippen molar-refractivity contribution in [2.45, 2.75) is 150 Å². The second-order valence-electron chi connectivity index (χ2n) is 21.3. The molecule has 0 heterocycles. The van der Waals surface area contributed by atoms with Gasteiger partial charge in [-0.15, -0.1) is 0 Å². The SMILES string of the molecule is CC(C)(C)[Si](C)(C)OCC=O.CC(C)Oc1ccc(C(=O)CN(CCO)Cc2ccc(OCC3CCCCC3)cc2)cc1Cl.CC(C)Oc1ccc(C(=O)CN)cc1Cl.O=Cc1ccc(OCC2CCCCC2)cc1. The van der Waals surface area contributed by atoms with E-state index in [1.807, 2.05) is 69.0 Å². The number of nitrogens with two attached hydrogens (primary N) is 1. The Morgan fingerprint density at radius 3 is 1.55 bits per heavy atom. The lowest BCUT2D eigenvalue weighted by Gasteiger charge is -2.35. The Hall–Kier alpha value is -4.60. The predicted molar refractivity (Wildman–Crippen MR) is 306 cm³/mol. The summed E-state index contributed by atoms with van der Waals surface area (Å²) in [6, 6.07) is 25.4. The molecule has 0 aromatic heterocycles. The van der Waals surface area contributed by atoms with Gasteiger partial charge in [-0.1, -0.05) is 94.6 Å². The monoisotopic (exact) mass is 1090 g/mol. The van der Waals surface area contributed by atoms with Crippen molar-refractivity contribution in [1.82, 2.24) is 4.90 Å². The maximum atomic E-state index is 12.9. The highest BCUT2D eigenvalue weighted by Gasteiger charge is 2.36. The maximum absolute atomic E-state index is 12.9. The van der Waals surface area contributed by atoms with E-state index in [1.165, 1.54) is 64.2 Å². The Morgan fingerprint density at radius 1 is 0.707 bits per heavy atom. The van der Waals surface area contributed by atoms with E-state index in [4.69, 9.17) is 52.3 Å². The first kappa shape index (κ1) is 64.7. The average Bonchev–Trinajstić information content (AvgIpc) is 3.39. The molecule has 414 valence electrons. The molecule has 4 aromatic rings. The second kappa shape index (κ2) is 34.2. The van der Waals surface area contributed by atoms with Crippen LogP contribution in [0.25, 0.3) is 0 Å². The Bertz CT molecular complexity index is 2290. The number of halogens is 2. The number of carbonyl (C=O) groups is 4. The summed E-state index contributed by atoms with van der Waals surface area (Å²) in [6.45, 7) is 21.4. The van der Waals surface area contributed by atoms with Crippen LogP contribution < -0.4 is 24.7 Å². The van der Waals surface area contributed by atoms with Crippen LogP contribution in [0.3, 0.4) is 0 Å². The van der Waals surface area contributed by atoms with E-state index in [0.717, 1.165) is 48.8 Å². The van der Waals surface area contributed by atoms with Gasteiger partial charge in [-0.05, 0) is 162 Å². The number of Topliss-reactive ketones (excluding diaryl/α,β-unsaturated/α-hetero) is 2. The third-order valence-corrected chi connectivity index (χ3v) is 18.4. The Balaban J connectivity index is 0.000000294. The first-order chi connectivity index (χ1) is 35.7. The number of hydrogen-bond donors (Lipinski definition) is 2. The number of benzene rings is 4. The number of aliphatic hydroxyl groups is 1. The number of aliphatic hydroxyl groups excluding tert-OH is 1. The molecule has 2 aliphatic rings. The average molecular weight is 1090 g/mol. The van der Waals surface area contributed by atoms with Crippen LogP contribution in [0, 0.1) is 11.8 Å². The van der Waals surface area contributed by atoms with Crippen molar-refractivity contribution in [1.29, 1.82) is 0 Å². The van der Waals surface area contributed by atoms with Gasteiger partial charge in [0.15, 0.2) is 19.9 Å². The number of carbonyl (C=O) groups excluding carboxylic acids is 4. The van der Waals surface area contributed by atoms with E-state index in [9.17, 15) is 24.3 Å². The summed E-state index contributed by atoms with van der Waals surface area (Å²) >= 11 is 12.2. The summed E-state index contributed by atoms with van der Waals surface area (Å²) in [5.74, 6) is 4.12. The molecule has 0 atom stereocenters. The molecule has 6 rings (SSSR count).